The molecule has 0 aromatic heterocycles. The van der Waals surface area contributed by atoms with Crippen LogP contribution in [0.3, 0.4) is 0 Å². The fraction of sp³-hybridized carbons (Fsp3) is 0.348. The topological polar surface area (TPSA) is 49.4 Å². The number of hydroxylamine groups is 2. The Morgan fingerprint density at radius 2 is 1.96 bits per heavy atom. The first-order chi connectivity index (χ1) is 12.9. The number of esters is 1. The highest BCUT2D eigenvalue weighted by Crippen LogP contribution is 2.51. The summed E-state index contributed by atoms with van der Waals surface area (Å²) >= 11 is 0. The van der Waals surface area contributed by atoms with Crippen molar-refractivity contribution in [2.45, 2.75) is 45.7 Å². The van der Waals surface area contributed by atoms with Crippen LogP contribution in [-0.4, -0.2) is 19.1 Å². The molecule has 2 aliphatic rings. The highest BCUT2D eigenvalue weighted by Gasteiger charge is 2.46. The summed E-state index contributed by atoms with van der Waals surface area (Å²) < 4.78 is 4.56. The summed E-state index contributed by atoms with van der Waals surface area (Å²) in [6, 6.07) is 11.6. The van der Waals surface area contributed by atoms with Gasteiger partial charge in [-0.15, -0.1) is 0 Å². The number of aryl methyl sites for hydroxylation is 2. The highest BCUT2D eigenvalue weighted by molar-refractivity contribution is 6.01. The van der Waals surface area contributed by atoms with Gasteiger partial charge in [-0.1, -0.05) is 41.5 Å². The first-order valence-corrected chi connectivity index (χ1v) is 9.52. The summed E-state index contributed by atoms with van der Waals surface area (Å²) in [5.41, 5.74) is 6.39. The van der Waals surface area contributed by atoms with Crippen LogP contribution in [0.4, 0.5) is 5.69 Å². The first-order valence-electron chi connectivity index (χ1n) is 9.52. The SMILES string of the molecule is COC(=O)c1cccc2c1C1=CCCCC1[N+]2([O-])Cc1cc(C)cc(C)c1. The van der Waals surface area contributed by atoms with Gasteiger partial charge in [0, 0.05) is 23.6 Å². The molecule has 1 aliphatic carbocycles. The minimum absolute atomic E-state index is 0.152. The van der Waals surface area contributed by atoms with Crippen LogP contribution in [0.15, 0.2) is 42.5 Å². The van der Waals surface area contributed by atoms with Gasteiger partial charge in [-0.2, -0.15) is 0 Å². The number of carbonyl (C=O) groups is 1. The third-order valence-electron chi connectivity index (χ3n) is 5.75. The molecule has 4 nitrogen and oxygen atoms in total. The Hall–Kier alpha value is -2.43. The van der Waals surface area contributed by atoms with Crippen molar-refractivity contribution in [3.63, 3.8) is 0 Å². The quantitative estimate of drug-likeness (QED) is 0.436. The minimum atomic E-state index is -0.422. The fourth-order valence-electron chi connectivity index (χ4n) is 4.80. The van der Waals surface area contributed by atoms with Crippen molar-refractivity contribution in [3.05, 3.63) is 75.5 Å². The lowest BCUT2D eigenvalue weighted by Gasteiger charge is -2.45. The van der Waals surface area contributed by atoms with E-state index in [0.29, 0.717) is 17.8 Å². The number of hydrogen-bond acceptors (Lipinski definition) is 3. The maximum Gasteiger partial charge on any atom is 0.338 e. The van der Waals surface area contributed by atoms with Gasteiger partial charge in [0.2, 0.25) is 0 Å². The predicted octanol–water partition coefficient (Wildman–Crippen LogP) is 5.04. The average molecular weight is 363 g/mol. The van der Waals surface area contributed by atoms with Gasteiger partial charge in [-0.3, -0.25) is 0 Å². The molecule has 1 aliphatic heterocycles. The molecule has 0 saturated carbocycles. The Labute approximate surface area is 160 Å². The summed E-state index contributed by atoms with van der Waals surface area (Å²) in [5.74, 6) is -0.378. The molecule has 0 bridgehead atoms. The van der Waals surface area contributed by atoms with Crippen molar-refractivity contribution in [1.82, 2.24) is 4.65 Å². The molecule has 0 saturated heterocycles. The van der Waals surface area contributed by atoms with Crippen LogP contribution in [0.2, 0.25) is 0 Å². The second-order valence-corrected chi connectivity index (χ2v) is 7.75. The van der Waals surface area contributed by atoms with Crippen LogP contribution in [0, 0.1) is 19.1 Å². The molecule has 0 radical (unpaired) electrons. The van der Waals surface area contributed by atoms with E-state index in [0.717, 1.165) is 36.0 Å². The van der Waals surface area contributed by atoms with E-state index in [1.165, 1.54) is 18.2 Å². The Morgan fingerprint density at radius 1 is 1.22 bits per heavy atom. The van der Waals surface area contributed by atoms with Crippen molar-refractivity contribution >= 4 is 17.2 Å². The molecule has 0 amide bonds. The van der Waals surface area contributed by atoms with Crippen LogP contribution in [0.25, 0.3) is 5.57 Å². The van der Waals surface area contributed by atoms with Gasteiger partial charge in [0.05, 0.1) is 18.2 Å². The van der Waals surface area contributed by atoms with Crippen molar-refractivity contribution in [3.8, 4) is 0 Å². The highest BCUT2D eigenvalue weighted by atomic mass is 16.6. The molecule has 4 rings (SSSR count). The minimum Gasteiger partial charge on any atom is -0.627 e. The zero-order valence-electron chi connectivity index (χ0n) is 16.1. The molecule has 1 heterocycles. The van der Waals surface area contributed by atoms with Gasteiger partial charge < -0.3 is 14.6 Å². The zero-order valence-corrected chi connectivity index (χ0v) is 16.1. The van der Waals surface area contributed by atoms with Gasteiger partial charge in [-0.05, 0) is 32.8 Å². The van der Waals surface area contributed by atoms with Gasteiger partial charge in [0.1, 0.15) is 18.3 Å². The van der Waals surface area contributed by atoms with Crippen molar-refractivity contribution in [2.75, 3.05) is 7.11 Å². The van der Waals surface area contributed by atoms with E-state index in [2.05, 4.69) is 38.1 Å². The molecule has 0 spiro atoms. The molecule has 140 valence electrons. The lowest BCUT2D eigenvalue weighted by atomic mass is 9.89. The normalized spacial score (nSPS) is 23.4. The maximum atomic E-state index is 14.3. The molecular weight excluding hydrogens is 338 g/mol. The molecule has 0 N–H and O–H groups in total. The van der Waals surface area contributed by atoms with E-state index < -0.39 is 4.65 Å². The number of ether oxygens (including phenoxy) is 1. The third kappa shape index (κ3) is 2.89. The molecule has 2 atom stereocenters. The third-order valence-corrected chi connectivity index (χ3v) is 5.75. The molecule has 2 unspecified atom stereocenters. The van der Waals surface area contributed by atoms with Crippen LogP contribution >= 0.6 is 0 Å². The number of hydrogen-bond donors (Lipinski definition) is 0. The first kappa shape index (κ1) is 18.0. The lowest BCUT2D eigenvalue weighted by Crippen LogP contribution is -2.48. The summed E-state index contributed by atoms with van der Waals surface area (Å²) in [6.07, 6.45) is 4.95. The van der Waals surface area contributed by atoms with Crippen LogP contribution < -0.4 is 4.65 Å². The van der Waals surface area contributed by atoms with E-state index in [4.69, 9.17) is 4.74 Å². The van der Waals surface area contributed by atoms with E-state index in [9.17, 15) is 10.0 Å². The molecule has 0 fully saturated rings. The number of fused-ring (bicyclic) bond motifs is 3. The van der Waals surface area contributed by atoms with Crippen molar-refractivity contribution in [2.24, 2.45) is 0 Å². The van der Waals surface area contributed by atoms with E-state index in [-0.39, 0.29) is 12.0 Å². The standard InChI is InChI=1S/C23H25NO3/c1-15-11-16(2)13-17(12-15)14-24(26)20-9-5-4-7-18(20)22-19(23(25)27-3)8-6-10-21(22)24/h6-8,10-13,20H,4-5,9,14H2,1-3H3. The molecule has 2 aromatic carbocycles. The lowest BCUT2D eigenvalue weighted by molar-refractivity contribution is 0.0600. The maximum absolute atomic E-state index is 14.3. The van der Waals surface area contributed by atoms with Crippen LogP contribution in [0.5, 0.6) is 0 Å². The number of nitrogens with zero attached hydrogens (tertiary/aromatic N) is 1. The second kappa shape index (κ2) is 6.63. The monoisotopic (exact) mass is 363 g/mol. The van der Waals surface area contributed by atoms with Crippen molar-refractivity contribution in [1.29, 1.82) is 0 Å². The summed E-state index contributed by atoms with van der Waals surface area (Å²) in [6.45, 7) is 4.50. The van der Waals surface area contributed by atoms with Crippen LogP contribution in [-0.2, 0) is 11.3 Å². The number of carbonyl (C=O) groups excluding carboxylic acids is 1. The number of allylic oxidation sites excluding steroid dienone is 1. The summed E-state index contributed by atoms with van der Waals surface area (Å²) in [7, 11) is 1.39. The number of benzene rings is 2. The Bertz CT molecular complexity index is 926. The molecule has 2 aromatic rings. The Morgan fingerprint density at radius 3 is 2.67 bits per heavy atom. The number of methoxy groups -OCH3 is 1. The van der Waals surface area contributed by atoms with Gasteiger partial charge >= 0.3 is 5.97 Å². The van der Waals surface area contributed by atoms with E-state index >= 15 is 0 Å². The zero-order chi connectivity index (χ0) is 19.2. The smallest absolute Gasteiger partial charge is 0.338 e. The summed E-state index contributed by atoms with van der Waals surface area (Å²) in [4.78, 5) is 12.3. The number of quaternary nitrogens is 1. The Balaban J connectivity index is 1.88. The van der Waals surface area contributed by atoms with Crippen molar-refractivity contribution < 1.29 is 9.53 Å². The van der Waals surface area contributed by atoms with Gasteiger partial charge in [0.25, 0.3) is 0 Å². The molecular formula is C23H25NO3. The Kier molecular flexibility index (Phi) is 4.41. The van der Waals surface area contributed by atoms with E-state index in [1.807, 2.05) is 6.07 Å². The second-order valence-electron chi connectivity index (χ2n) is 7.75. The largest absolute Gasteiger partial charge is 0.627 e. The van der Waals surface area contributed by atoms with E-state index in [1.54, 1.807) is 12.1 Å². The molecule has 4 heteroatoms. The number of rotatable bonds is 3. The van der Waals surface area contributed by atoms with Gasteiger partial charge in [0.15, 0.2) is 0 Å². The predicted molar refractivity (Wildman–Crippen MR) is 108 cm³/mol. The summed E-state index contributed by atoms with van der Waals surface area (Å²) in [5, 5.41) is 14.3. The molecule has 27 heavy (non-hydrogen) atoms. The fourth-order valence-corrected chi connectivity index (χ4v) is 4.80. The van der Waals surface area contributed by atoms with Gasteiger partial charge in [-0.25, -0.2) is 4.79 Å². The average Bonchev–Trinajstić information content (AvgIpc) is 2.90. The van der Waals surface area contributed by atoms with Crippen LogP contribution in [0.1, 0.15) is 51.9 Å².